The number of halogens is 1. The number of carbonyl (C=O) groups is 2. The van der Waals surface area contributed by atoms with Crippen molar-refractivity contribution in [1.82, 2.24) is 10.3 Å². The summed E-state index contributed by atoms with van der Waals surface area (Å²) >= 11 is 5.78. The number of pyridine rings is 1. The van der Waals surface area contributed by atoms with E-state index in [1.807, 2.05) is 0 Å². The molecule has 1 aromatic heterocycles. The topological polar surface area (TPSA) is 79.3 Å². The molecule has 1 atom stereocenters. The van der Waals surface area contributed by atoms with Crippen LogP contribution in [0.4, 0.5) is 0 Å². The summed E-state index contributed by atoms with van der Waals surface area (Å²) in [7, 11) is 0. The summed E-state index contributed by atoms with van der Waals surface area (Å²) in [6, 6.07) is 3.16. The maximum atomic E-state index is 11.8. The van der Waals surface area contributed by atoms with E-state index in [0.717, 1.165) is 0 Å². The molecule has 5 nitrogen and oxygen atoms in total. The zero-order valence-electron chi connectivity index (χ0n) is 10.9. The van der Waals surface area contributed by atoms with Gasteiger partial charge in [-0.2, -0.15) is 0 Å². The summed E-state index contributed by atoms with van der Waals surface area (Å²) < 4.78 is 0. The largest absolute Gasteiger partial charge is 0.481 e. The maximum Gasteiger partial charge on any atom is 0.306 e. The van der Waals surface area contributed by atoms with Crippen molar-refractivity contribution in [2.45, 2.75) is 26.7 Å². The molecule has 0 spiro atoms. The van der Waals surface area contributed by atoms with E-state index in [2.05, 4.69) is 10.3 Å². The van der Waals surface area contributed by atoms with Crippen molar-refractivity contribution >= 4 is 23.5 Å². The van der Waals surface area contributed by atoms with Gasteiger partial charge in [-0.15, -0.1) is 0 Å². The fourth-order valence-corrected chi connectivity index (χ4v) is 1.85. The van der Waals surface area contributed by atoms with E-state index in [1.165, 1.54) is 6.07 Å². The predicted molar refractivity (Wildman–Crippen MR) is 72.4 cm³/mol. The van der Waals surface area contributed by atoms with Gasteiger partial charge in [-0.05, 0) is 31.9 Å². The number of hydrogen-bond donors (Lipinski definition) is 2. The molecule has 104 valence electrons. The number of nitrogens with one attached hydrogen (secondary N) is 1. The van der Waals surface area contributed by atoms with Gasteiger partial charge in [0.15, 0.2) is 0 Å². The van der Waals surface area contributed by atoms with Crippen LogP contribution in [0.3, 0.4) is 0 Å². The lowest BCUT2D eigenvalue weighted by atomic mass is 10.1. The second kappa shape index (κ2) is 7.09. The lowest BCUT2D eigenvalue weighted by Gasteiger charge is -2.08. The van der Waals surface area contributed by atoms with Gasteiger partial charge in [-0.3, -0.25) is 9.59 Å². The van der Waals surface area contributed by atoms with Crippen LogP contribution in [0.5, 0.6) is 0 Å². The van der Waals surface area contributed by atoms with Crippen molar-refractivity contribution in [2.75, 3.05) is 6.54 Å². The van der Waals surface area contributed by atoms with Crippen LogP contribution in [-0.4, -0.2) is 28.5 Å². The Kier molecular flexibility index (Phi) is 5.76. The number of nitrogens with zero attached hydrogens (tertiary/aromatic N) is 1. The first-order valence-corrected chi connectivity index (χ1v) is 6.43. The first-order chi connectivity index (χ1) is 8.90. The van der Waals surface area contributed by atoms with Crippen LogP contribution in [0.2, 0.25) is 5.15 Å². The van der Waals surface area contributed by atoms with Gasteiger partial charge in [-0.25, -0.2) is 4.98 Å². The monoisotopic (exact) mass is 284 g/mol. The predicted octanol–water partition coefficient (Wildman–Crippen LogP) is 2.27. The van der Waals surface area contributed by atoms with Crippen LogP contribution in [0.15, 0.2) is 12.1 Å². The summed E-state index contributed by atoms with van der Waals surface area (Å²) in [6.45, 7) is 3.85. The quantitative estimate of drug-likeness (QED) is 0.620. The van der Waals surface area contributed by atoms with E-state index in [-0.39, 0.29) is 11.1 Å². The van der Waals surface area contributed by atoms with Crippen LogP contribution in [-0.2, 0) is 4.79 Å². The van der Waals surface area contributed by atoms with Gasteiger partial charge in [0.25, 0.3) is 5.91 Å². The molecule has 1 aromatic rings. The van der Waals surface area contributed by atoms with Crippen molar-refractivity contribution in [1.29, 1.82) is 0 Å². The summed E-state index contributed by atoms with van der Waals surface area (Å²) in [5.41, 5.74) is 1.14. The highest BCUT2D eigenvalue weighted by Crippen LogP contribution is 2.10. The van der Waals surface area contributed by atoms with Crippen LogP contribution in [0.1, 0.15) is 35.8 Å². The number of aromatic nitrogens is 1. The van der Waals surface area contributed by atoms with Gasteiger partial charge >= 0.3 is 5.97 Å². The SMILES string of the molecule is Cc1cc(C(=O)NCCCC(C)C(=O)O)cc(Cl)n1. The first-order valence-electron chi connectivity index (χ1n) is 6.05. The molecule has 0 aliphatic rings. The Bertz CT molecular complexity index is 457. The Labute approximate surface area is 117 Å². The van der Waals surface area contributed by atoms with Crippen LogP contribution in [0, 0.1) is 12.8 Å². The summed E-state index contributed by atoms with van der Waals surface area (Å²) in [4.78, 5) is 26.4. The highest BCUT2D eigenvalue weighted by Gasteiger charge is 2.11. The molecule has 0 saturated heterocycles. The third kappa shape index (κ3) is 5.26. The molecule has 0 aliphatic heterocycles. The fourth-order valence-electron chi connectivity index (χ4n) is 1.59. The minimum absolute atomic E-state index is 0.227. The minimum atomic E-state index is -0.817. The molecule has 6 heteroatoms. The number of carboxylic acids is 1. The lowest BCUT2D eigenvalue weighted by molar-refractivity contribution is -0.141. The second-order valence-corrected chi connectivity index (χ2v) is 4.84. The molecule has 0 radical (unpaired) electrons. The summed E-state index contributed by atoms with van der Waals surface area (Å²) in [5, 5.41) is 11.7. The molecule has 1 heterocycles. The number of aryl methyl sites for hydroxylation is 1. The number of amides is 1. The van der Waals surface area contributed by atoms with Crippen LogP contribution in [0.25, 0.3) is 0 Å². The second-order valence-electron chi connectivity index (χ2n) is 4.46. The van der Waals surface area contributed by atoms with E-state index in [4.69, 9.17) is 16.7 Å². The normalized spacial score (nSPS) is 11.9. The summed E-state index contributed by atoms with van der Waals surface area (Å²) in [5.74, 6) is -1.44. The molecule has 1 unspecified atom stereocenters. The Morgan fingerprint density at radius 1 is 1.47 bits per heavy atom. The average molecular weight is 285 g/mol. The minimum Gasteiger partial charge on any atom is -0.481 e. The maximum absolute atomic E-state index is 11.8. The van der Waals surface area contributed by atoms with Crippen LogP contribution >= 0.6 is 11.6 Å². The van der Waals surface area contributed by atoms with E-state index >= 15 is 0 Å². The number of aliphatic carboxylic acids is 1. The number of rotatable bonds is 6. The van der Waals surface area contributed by atoms with Gasteiger partial charge < -0.3 is 10.4 Å². The van der Waals surface area contributed by atoms with E-state index in [9.17, 15) is 9.59 Å². The Morgan fingerprint density at radius 3 is 2.74 bits per heavy atom. The standard InChI is InChI=1S/C13H17ClN2O3/c1-8(13(18)19)4-3-5-15-12(17)10-6-9(2)16-11(14)7-10/h6-8H,3-5H2,1-2H3,(H,15,17)(H,18,19). The zero-order chi connectivity index (χ0) is 14.4. The molecular formula is C13H17ClN2O3. The van der Waals surface area contributed by atoms with E-state index in [1.54, 1.807) is 19.9 Å². The molecular weight excluding hydrogens is 268 g/mol. The smallest absolute Gasteiger partial charge is 0.306 e. The molecule has 0 fully saturated rings. The van der Waals surface area contributed by atoms with Crippen molar-refractivity contribution in [3.05, 3.63) is 28.5 Å². The average Bonchev–Trinajstić information content (AvgIpc) is 2.32. The van der Waals surface area contributed by atoms with Crippen molar-refractivity contribution in [2.24, 2.45) is 5.92 Å². The highest BCUT2D eigenvalue weighted by molar-refractivity contribution is 6.29. The summed E-state index contributed by atoms with van der Waals surface area (Å²) in [6.07, 6.45) is 1.16. The Hall–Kier alpha value is -1.62. The van der Waals surface area contributed by atoms with Gasteiger partial charge in [0.1, 0.15) is 5.15 Å². The fraction of sp³-hybridized carbons (Fsp3) is 0.462. The third-order valence-corrected chi connectivity index (χ3v) is 2.90. The molecule has 0 bridgehead atoms. The van der Waals surface area contributed by atoms with E-state index in [0.29, 0.717) is 30.6 Å². The zero-order valence-corrected chi connectivity index (χ0v) is 11.7. The molecule has 2 N–H and O–H groups in total. The van der Waals surface area contributed by atoms with E-state index < -0.39 is 11.9 Å². The van der Waals surface area contributed by atoms with Crippen molar-refractivity contribution in [3.63, 3.8) is 0 Å². The number of hydrogen-bond acceptors (Lipinski definition) is 3. The van der Waals surface area contributed by atoms with Gasteiger partial charge in [-0.1, -0.05) is 18.5 Å². The first kappa shape index (κ1) is 15.4. The molecule has 1 amide bonds. The molecule has 1 rings (SSSR count). The lowest BCUT2D eigenvalue weighted by Crippen LogP contribution is -2.25. The third-order valence-electron chi connectivity index (χ3n) is 2.71. The molecule has 19 heavy (non-hydrogen) atoms. The van der Waals surface area contributed by atoms with Crippen molar-refractivity contribution in [3.8, 4) is 0 Å². The van der Waals surface area contributed by atoms with Gasteiger partial charge in [0, 0.05) is 17.8 Å². The Balaban J connectivity index is 2.41. The molecule has 0 aromatic carbocycles. The Morgan fingerprint density at radius 2 is 2.16 bits per heavy atom. The van der Waals surface area contributed by atoms with Gasteiger partial charge in [0.05, 0.1) is 5.92 Å². The molecule has 0 aliphatic carbocycles. The van der Waals surface area contributed by atoms with Gasteiger partial charge in [0.2, 0.25) is 0 Å². The van der Waals surface area contributed by atoms with Crippen LogP contribution < -0.4 is 5.32 Å². The highest BCUT2D eigenvalue weighted by atomic mass is 35.5. The number of carbonyl (C=O) groups excluding carboxylic acids is 1. The molecule has 0 saturated carbocycles. The number of carboxylic acid groups (broad SMARTS) is 1. The van der Waals surface area contributed by atoms with Crippen molar-refractivity contribution < 1.29 is 14.7 Å².